The molecule has 2 aliphatic carbocycles. The molecule has 2 bridgehead atoms. The van der Waals surface area contributed by atoms with E-state index in [1.54, 1.807) is 0 Å². The minimum Gasteiger partial charge on any atom is -0.266 e. The third kappa shape index (κ3) is 2.02. The van der Waals surface area contributed by atoms with E-state index in [2.05, 4.69) is 31.3 Å². The number of nitrogens with one attached hydrogen (secondary N) is 1. The molecule has 0 radical (unpaired) electrons. The van der Waals surface area contributed by atoms with Gasteiger partial charge in [0.1, 0.15) is 0 Å². The Morgan fingerprint density at radius 1 is 1.53 bits per heavy atom. The molecule has 1 amide bonds. The average Bonchev–Trinajstić information content (AvgIpc) is 3.06. The number of nitrogens with zero attached hydrogens (tertiary/aromatic N) is 1. The molecule has 1 aromatic heterocycles. The fraction of sp³-hybridized carbons (Fsp3) is 0.600. The van der Waals surface area contributed by atoms with Crippen LogP contribution in [0.1, 0.15) is 43.3 Å². The summed E-state index contributed by atoms with van der Waals surface area (Å²) in [6.45, 7) is 7.05. The minimum atomic E-state index is -0.0859. The molecule has 19 heavy (non-hydrogen) atoms. The number of hydrazone groups is 1. The zero-order valence-corrected chi connectivity index (χ0v) is 12.5. The van der Waals surface area contributed by atoms with E-state index < -0.39 is 0 Å². The van der Waals surface area contributed by atoms with Gasteiger partial charge in [-0.25, -0.2) is 5.43 Å². The van der Waals surface area contributed by atoms with E-state index in [4.69, 9.17) is 0 Å². The molecular weight excluding hydrogens is 256 g/mol. The molecule has 2 aliphatic rings. The van der Waals surface area contributed by atoms with E-state index in [1.165, 1.54) is 23.5 Å². The van der Waals surface area contributed by atoms with Crippen LogP contribution in [0.4, 0.5) is 0 Å². The lowest BCUT2D eigenvalue weighted by Gasteiger charge is -2.36. The first-order chi connectivity index (χ1) is 9.00. The lowest BCUT2D eigenvalue weighted by molar-refractivity contribution is 0.0958. The number of carbonyl (C=O) groups is 1. The van der Waals surface area contributed by atoms with Gasteiger partial charge in [0.2, 0.25) is 0 Å². The zero-order valence-electron chi connectivity index (χ0n) is 11.6. The van der Waals surface area contributed by atoms with Gasteiger partial charge in [-0.1, -0.05) is 26.8 Å². The lowest BCUT2D eigenvalue weighted by atomic mass is 9.69. The third-order valence-electron chi connectivity index (χ3n) is 5.30. The Morgan fingerprint density at radius 2 is 2.32 bits per heavy atom. The van der Waals surface area contributed by atoms with Crippen molar-refractivity contribution in [3.63, 3.8) is 0 Å². The normalized spacial score (nSPS) is 33.8. The third-order valence-corrected chi connectivity index (χ3v) is 6.17. The number of rotatable bonds is 2. The second-order valence-electron chi connectivity index (χ2n) is 6.37. The van der Waals surface area contributed by atoms with Crippen molar-refractivity contribution in [2.75, 3.05) is 0 Å². The van der Waals surface area contributed by atoms with E-state index in [0.29, 0.717) is 17.3 Å². The van der Waals surface area contributed by atoms with Gasteiger partial charge >= 0.3 is 0 Å². The summed E-state index contributed by atoms with van der Waals surface area (Å²) in [6.07, 6.45) is 2.29. The van der Waals surface area contributed by atoms with Crippen LogP contribution in [0.3, 0.4) is 0 Å². The maximum absolute atomic E-state index is 11.9. The summed E-state index contributed by atoms with van der Waals surface area (Å²) in [6, 6.07) is 3.71. The Bertz CT molecular complexity index is 514. The zero-order chi connectivity index (χ0) is 13.6. The van der Waals surface area contributed by atoms with E-state index in [1.807, 2.05) is 17.5 Å². The topological polar surface area (TPSA) is 41.5 Å². The van der Waals surface area contributed by atoms with Gasteiger partial charge in [-0.2, -0.15) is 5.10 Å². The van der Waals surface area contributed by atoms with Crippen LogP contribution in [0.15, 0.2) is 22.6 Å². The highest BCUT2D eigenvalue weighted by molar-refractivity contribution is 7.12. The Kier molecular flexibility index (Phi) is 3.01. The second-order valence-corrected chi connectivity index (χ2v) is 7.32. The summed E-state index contributed by atoms with van der Waals surface area (Å²) in [5, 5.41) is 6.31. The summed E-state index contributed by atoms with van der Waals surface area (Å²) in [5.41, 5.74) is 4.33. The maximum Gasteiger partial charge on any atom is 0.281 e. The van der Waals surface area contributed by atoms with E-state index in [9.17, 15) is 4.79 Å². The van der Waals surface area contributed by atoms with Crippen molar-refractivity contribution in [2.45, 2.75) is 33.6 Å². The minimum absolute atomic E-state index is 0.0859. The average molecular weight is 276 g/mol. The summed E-state index contributed by atoms with van der Waals surface area (Å²) < 4.78 is 0. The van der Waals surface area contributed by atoms with Gasteiger partial charge in [0.15, 0.2) is 0 Å². The molecule has 4 heteroatoms. The molecule has 0 aromatic carbocycles. The number of fused-ring (bicyclic) bond motifs is 2. The maximum atomic E-state index is 11.9. The second kappa shape index (κ2) is 4.44. The first-order valence-electron chi connectivity index (χ1n) is 6.90. The number of hydrogen-bond donors (Lipinski definition) is 1. The summed E-state index contributed by atoms with van der Waals surface area (Å²) in [7, 11) is 0. The monoisotopic (exact) mass is 276 g/mol. The Labute approximate surface area is 118 Å². The highest BCUT2D eigenvalue weighted by Gasteiger charge is 2.53. The molecule has 0 saturated heterocycles. The van der Waals surface area contributed by atoms with E-state index in [0.717, 1.165) is 17.2 Å². The largest absolute Gasteiger partial charge is 0.281 e. The van der Waals surface area contributed by atoms with Crippen molar-refractivity contribution in [2.24, 2.45) is 28.3 Å². The van der Waals surface area contributed by atoms with Gasteiger partial charge in [-0.3, -0.25) is 4.79 Å². The molecule has 3 nitrogen and oxygen atoms in total. The Hall–Kier alpha value is -1.16. The van der Waals surface area contributed by atoms with Gasteiger partial charge < -0.3 is 0 Å². The van der Waals surface area contributed by atoms with E-state index >= 15 is 0 Å². The van der Waals surface area contributed by atoms with Crippen molar-refractivity contribution < 1.29 is 4.79 Å². The number of hydrogen-bond acceptors (Lipinski definition) is 3. The van der Waals surface area contributed by atoms with Crippen LogP contribution in [0.2, 0.25) is 0 Å². The number of thiophene rings is 1. The molecule has 2 saturated carbocycles. The van der Waals surface area contributed by atoms with Crippen molar-refractivity contribution in [3.8, 4) is 0 Å². The van der Waals surface area contributed by atoms with Crippen molar-refractivity contribution in [1.29, 1.82) is 0 Å². The molecule has 0 unspecified atom stereocenters. The molecule has 1 heterocycles. The number of carbonyl (C=O) groups excluding carboxylic acids is 1. The molecule has 3 rings (SSSR count). The van der Waals surface area contributed by atoms with Gasteiger partial charge in [-0.15, -0.1) is 11.3 Å². The highest BCUT2D eigenvalue weighted by Crippen LogP contribution is 2.57. The Morgan fingerprint density at radius 3 is 2.89 bits per heavy atom. The highest BCUT2D eigenvalue weighted by atomic mass is 32.1. The van der Waals surface area contributed by atoms with Gasteiger partial charge in [0.05, 0.1) is 4.88 Å². The first kappa shape index (κ1) is 12.9. The smallest absolute Gasteiger partial charge is 0.266 e. The predicted octanol–water partition coefficient (Wildman–Crippen LogP) is 3.54. The van der Waals surface area contributed by atoms with Crippen LogP contribution in [-0.4, -0.2) is 11.6 Å². The van der Waals surface area contributed by atoms with Crippen LogP contribution < -0.4 is 5.43 Å². The standard InChI is InChI=1S/C15H20N2OS/c1-9-11-7-10(15(9,2)3)8-12(11)16-17-14(18)13-5-4-6-19-13/h4-6,9-11H,7-8H2,1-3H3,(H,17,18)/b16-12+/t9-,10+,11+/m0/s1. The summed E-state index contributed by atoms with van der Waals surface area (Å²) in [4.78, 5) is 12.6. The fourth-order valence-corrected chi connectivity index (χ4v) is 4.21. The molecule has 2 fully saturated rings. The van der Waals surface area contributed by atoms with E-state index in [-0.39, 0.29) is 5.91 Å². The molecule has 1 N–H and O–H groups in total. The van der Waals surface area contributed by atoms with Crippen molar-refractivity contribution in [1.82, 2.24) is 5.43 Å². The van der Waals surface area contributed by atoms with Crippen molar-refractivity contribution >= 4 is 23.0 Å². The van der Waals surface area contributed by atoms with Gasteiger partial charge in [0, 0.05) is 11.6 Å². The molecule has 0 aliphatic heterocycles. The molecular formula is C15H20N2OS. The predicted molar refractivity (Wildman–Crippen MR) is 78.4 cm³/mol. The van der Waals surface area contributed by atoms with Crippen LogP contribution in [0, 0.1) is 23.2 Å². The Balaban J connectivity index is 1.69. The van der Waals surface area contributed by atoms with Crippen molar-refractivity contribution in [3.05, 3.63) is 22.4 Å². The first-order valence-corrected chi connectivity index (χ1v) is 7.78. The van der Waals surface area contributed by atoms with Crippen LogP contribution >= 0.6 is 11.3 Å². The summed E-state index contributed by atoms with van der Waals surface area (Å²) >= 11 is 1.45. The number of amides is 1. The summed E-state index contributed by atoms with van der Waals surface area (Å²) in [5.74, 6) is 1.86. The van der Waals surface area contributed by atoms with Gasteiger partial charge in [-0.05, 0) is 41.5 Å². The van der Waals surface area contributed by atoms with Crippen LogP contribution in [0.25, 0.3) is 0 Å². The molecule has 3 atom stereocenters. The molecule has 1 aromatic rings. The molecule has 102 valence electrons. The molecule has 0 spiro atoms. The SMILES string of the molecule is C[C@H]1[C@H]2C[C@H](C/C2=N\NC(=O)c2cccs2)C1(C)C. The lowest BCUT2D eigenvalue weighted by Crippen LogP contribution is -2.34. The van der Waals surface area contributed by atoms with Gasteiger partial charge in [0.25, 0.3) is 5.91 Å². The quantitative estimate of drug-likeness (QED) is 0.825. The fourth-order valence-electron chi connectivity index (χ4n) is 3.59. The van der Waals surface area contributed by atoms with Crippen LogP contribution in [0.5, 0.6) is 0 Å². The van der Waals surface area contributed by atoms with Crippen LogP contribution in [-0.2, 0) is 0 Å².